The SMILES string of the molecule is CC(C)OC(=O)CN1C(=O)S/C(=C\c2ccc(-c3ccc([N+](=O)[O-])cc3Br)o2)C1=O. The number of esters is 1. The molecular formula is C19H15BrN2O7S. The van der Waals surface area contributed by atoms with Gasteiger partial charge in [-0.05, 0) is 59.7 Å². The fourth-order valence-electron chi connectivity index (χ4n) is 2.59. The molecule has 156 valence electrons. The molecule has 1 aliphatic heterocycles. The minimum absolute atomic E-state index is 0.0675. The van der Waals surface area contributed by atoms with Crippen molar-refractivity contribution in [3.05, 3.63) is 55.6 Å². The first-order chi connectivity index (χ1) is 14.2. The van der Waals surface area contributed by atoms with Crippen LogP contribution in [0, 0.1) is 10.1 Å². The first-order valence-electron chi connectivity index (χ1n) is 8.64. The van der Waals surface area contributed by atoms with E-state index in [2.05, 4.69) is 15.9 Å². The van der Waals surface area contributed by atoms with Gasteiger partial charge in [-0.2, -0.15) is 0 Å². The van der Waals surface area contributed by atoms with Gasteiger partial charge >= 0.3 is 5.97 Å². The third-order valence-corrected chi connectivity index (χ3v) is 5.42. The lowest BCUT2D eigenvalue weighted by Crippen LogP contribution is -2.35. The van der Waals surface area contributed by atoms with Crippen LogP contribution in [0.2, 0.25) is 0 Å². The van der Waals surface area contributed by atoms with Gasteiger partial charge < -0.3 is 9.15 Å². The van der Waals surface area contributed by atoms with Crippen molar-refractivity contribution in [3.8, 4) is 11.3 Å². The molecule has 0 atom stereocenters. The molecule has 0 bridgehead atoms. The minimum atomic E-state index is -0.670. The third-order valence-electron chi connectivity index (χ3n) is 3.86. The van der Waals surface area contributed by atoms with Crippen LogP contribution in [0.3, 0.4) is 0 Å². The molecule has 0 spiro atoms. The summed E-state index contributed by atoms with van der Waals surface area (Å²) in [6, 6.07) is 7.49. The van der Waals surface area contributed by atoms with Crippen molar-refractivity contribution in [1.82, 2.24) is 4.90 Å². The van der Waals surface area contributed by atoms with E-state index in [1.165, 1.54) is 18.2 Å². The molecule has 1 saturated heterocycles. The fourth-order valence-corrected chi connectivity index (χ4v) is 3.97. The van der Waals surface area contributed by atoms with Crippen molar-refractivity contribution >= 4 is 56.6 Å². The number of carbonyl (C=O) groups is 3. The minimum Gasteiger partial charge on any atom is -0.462 e. The number of thioether (sulfide) groups is 1. The van der Waals surface area contributed by atoms with Crippen molar-refractivity contribution in [2.45, 2.75) is 20.0 Å². The Hall–Kier alpha value is -2.92. The highest BCUT2D eigenvalue weighted by Gasteiger charge is 2.37. The smallest absolute Gasteiger partial charge is 0.326 e. The van der Waals surface area contributed by atoms with Gasteiger partial charge in [-0.25, -0.2) is 0 Å². The highest BCUT2D eigenvalue weighted by Crippen LogP contribution is 2.35. The van der Waals surface area contributed by atoms with Gasteiger partial charge in [0.2, 0.25) is 0 Å². The summed E-state index contributed by atoms with van der Waals surface area (Å²) in [7, 11) is 0. The van der Waals surface area contributed by atoms with Crippen molar-refractivity contribution < 1.29 is 28.5 Å². The van der Waals surface area contributed by atoms with E-state index in [4.69, 9.17) is 9.15 Å². The fraction of sp³-hybridized carbons (Fsp3) is 0.211. The van der Waals surface area contributed by atoms with Crippen LogP contribution >= 0.6 is 27.7 Å². The number of non-ortho nitro benzene ring substituents is 1. The van der Waals surface area contributed by atoms with Crippen LogP contribution < -0.4 is 0 Å². The summed E-state index contributed by atoms with van der Waals surface area (Å²) in [4.78, 5) is 47.6. The van der Waals surface area contributed by atoms with Crippen molar-refractivity contribution in [1.29, 1.82) is 0 Å². The lowest BCUT2D eigenvalue weighted by molar-refractivity contribution is -0.384. The summed E-state index contributed by atoms with van der Waals surface area (Å²) >= 11 is 3.98. The number of benzene rings is 1. The number of halogens is 1. The molecule has 30 heavy (non-hydrogen) atoms. The number of amides is 2. The Morgan fingerprint density at radius 3 is 2.70 bits per heavy atom. The van der Waals surface area contributed by atoms with E-state index in [9.17, 15) is 24.5 Å². The van der Waals surface area contributed by atoms with Crippen LogP contribution in [0.1, 0.15) is 19.6 Å². The monoisotopic (exact) mass is 494 g/mol. The van der Waals surface area contributed by atoms with Gasteiger partial charge in [0.05, 0.1) is 15.9 Å². The second-order valence-corrected chi connectivity index (χ2v) is 8.28. The molecule has 2 heterocycles. The maximum atomic E-state index is 12.5. The number of nitro benzene ring substituents is 1. The van der Waals surface area contributed by atoms with Crippen LogP contribution in [-0.2, 0) is 14.3 Å². The van der Waals surface area contributed by atoms with E-state index in [0.29, 0.717) is 33.3 Å². The number of ether oxygens (including phenoxy) is 1. The molecule has 1 fully saturated rings. The summed E-state index contributed by atoms with van der Waals surface area (Å²) < 4.78 is 11.1. The van der Waals surface area contributed by atoms with E-state index >= 15 is 0 Å². The molecule has 2 aromatic rings. The normalized spacial score (nSPS) is 15.3. The maximum absolute atomic E-state index is 12.5. The van der Waals surface area contributed by atoms with Crippen molar-refractivity contribution in [3.63, 3.8) is 0 Å². The van der Waals surface area contributed by atoms with Gasteiger partial charge in [0.15, 0.2) is 0 Å². The van der Waals surface area contributed by atoms with Gasteiger partial charge in [0.1, 0.15) is 18.1 Å². The van der Waals surface area contributed by atoms with Gasteiger partial charge in [-0.1, -0.05) is 0 Å². The molecule has 1 aromatic carbocycles. The number of hydrogen-bond donors (Lipinski definition) is 0. The molecule has 1 aliphatic rings. The molecular weight excluding hydrogens is 480 g/mol. The Kier molecular flexibility index (Phi) is 6.42. The second kappa shape index (κ2) is 8.84. The quantitative estimate of drug-likeness (QED) is 0.247. The Balaban J connectivity index is 1.78. The summed E-state index contributed by atoms with van der Waals surface area (Å²) in [6.07, 6.45) is 1.05. The van der Waals surface area contributed by atoms with Crippen LogP contribution in [0.15, 0.2) is 44.1 Å². The highest BCUT2D eigenvalue weighted by atomic mass is 79.9. The molecule has 3 rings (SSSR count). The van der Waals surface area contributed by atoms with Crippen molar-refractivity contribution in [2.24, 2.45) is 0 Å². The average molecular weight is 495 g/mol. The number of furan rings is 1. The summed E-state index contributed by atoms with van der Waals surface area (Å²) in [6.45, 7) is 2.88. The van der Waals surface area contributed by atoms with E-state index in [1.54, 1.807) is 32.0 Å². The van der Waals surface area contributed by atoms with Crippen LogP contribution in [0.25, 0.3) is 17.4 Å². The van der Waals surface area contributed by atoms with Crippen LogP contribution in [0.4, 0.5) is 10.5 Å². The average Bonchev–Trinajstić information content (AvgIpc) is 3.21. The molecule has 0 unspecified atom stereocenters. The number of nitro groups is 1. The Morgan fingerprint density at radius 1 is 1.33 bits per heavy atom. The highest BCUT2D eigenvalue weighted by molar-refractivity contribution is 9.10. The second-order valence-electron chi connectivity index (χ2n) is 6.43. The zero-order valence-corrected chi connectivity index (χ0v) is 18.2. The molecule has 0 saturated carbocycles. The molecule has 0 radical (unpaired) electrons. The Bertz CT molecular complexity index is 1080. The lowest BCUT2D eigenvalue weighted by atomic mass is 10.1. The first-order valence-corrected chi connectivity index (χ1v) is 10.3. The van der Waals surface area contributed by atoms with Gasteiger partial charge in [0.25, 0.3) is 16.8 Å². The molecule has 0 N–H and O–H groups in total. The number of nitrogens with zero attached hydrogens (tertiary/aromatic N) is 2. The van der Waals surface area contributed by atoms with E-state index in [1.807, 2.05) is 0 Å². The third kappa shape index (κ3) is 4.79. The predicted octanol–water partition coefficient (Wildman–Crippen LogP) is 4.61. The lowest BCUT2D eigenvalue weighted by Gasteiger charge is -2.13. The first kappa shape index (κ1) is 21.8. The predicted molar refractivity (Wildman–Crippen MR) is 112 cm³/mol. The number of carbonyl (C=O) groups excluding carboxylic acids is 3. The van der Waals surface area contributed by atoms with Crippen LogP contribution in [0.5, 0.6) is 0 Å². The van der Waals surface area contributed by atoms with Gasteiger partial charge in [-0.3, -0.25) is 29.4 Å². The molecule has 9 nitrogen and oxygen atoms in total. The number of hydrogen-bond acceptors (Lipinski definition) is 8. The topological polar surface area (TPSA) is 120 Å². The van der Waals surface area contributed by atoms with Gasteiger partial charge in [-0.15, -0.1) is 0 Å². The molecule has 1 aromatic heterocycles. The Labute approximate surface area is 183 Å². The standard InChI is InChI=1S/C19H15BrN2O7S/c1-10(2)28-17(23)9-21-18(24)16(30-19(21)25)8-12-4-6-15(29-12)13-5-3-11(22(26)27)7-14(13)20/h3-8,10H,9H2,1-2H3/b16-8-. The van der Waals surface area contributed by atoms with E-state index in [0.717, 1.165) is 4.90 Å². The zero-order chi connectivity index (χ0) is 22.0. The largest absolute Gasteiger partial charge is 0.462 e. The van der Waals surface area contributed by atoms with Crippen molar-refractivity contribution in [2.75, 3.05) is 6.54 Å². The van der Waals surface area contributed by atoms with E-state index in [-0.39, 0.29) is 16.7 Å². The summed E-state index contributed by atoms with van der Waals surface area (Å²) in [5, 5.41) is 10.3. The molecule has 2 amide bonds. The molecule has 11 heteroatoms. The summed E-state index contributed by atoms with van der Waals surface area (Å²) in [5.74, 6) is -0.551. The Morgan fingerprint density at radius 2 is 2.07 bits per heavy atom. The molecule has 0 aliphatic carbocycles. The maximum Gasteiger partial charge on any atom is 0.326 e. The zero-order valence-electron chi connectivity index (χ0n) is 15.8. The summed E-state index contributed by atoms with van der Waals surface area (Å²) in [5.41, 5.74) is 0.520. The van der Waals surface area contributed by atoms with Gasteiger partial charge in [0, 0.05) is 28.2 Å². The van der Waals surface area contributed by atoms with E-state index < -0.39 is 28.6 Å². The number of imide groups is 1. The number of rotatable bonds is 6. The van der Waals surface area contributed by atoms with Crippen LogP contribution in [-0.4, -0.2) is 39.6 Å².